The molecule has 0 N–H and O–H groups in total. The Morgan fingerprint density at radius 3 is 2.61 bits per heavy atom. The number of hydrogen-bond donors (Lipinski definition) is 0. The lowest BCUT2D eigenvalue weighted by Crippen LogP contribution is -2.35. The van der Waals surface area contributed by atoms with Crippen molar-refractivity contribution in [2.75, 3.05) is 11.4 Å². The van der Waals surface area contributed by atoms with Gasteiger partial charge in [-0.05, 0) is 43.0 Å². The van der Waals surface area contributed by atoms with Gasteiger partial charge >= 0.3 is 0 Å². The molecule has 1 aliphatic rings. The smallest absolute Gasteiger partial charge is 0.248 e. The molecular formula is C18H18N4O. The van der Waals surface area contributed by atoms with Crippen molar-refractivity contribution in [3.8, 4) is 0 Å². The summed E-state index contributed by atoms with van der Waals surface area (Å²) in [6.45, 7) is 0.998. The van der Waals surface area contributed by atoms with E-state index in [1.165, 1.54) is 12.8 Å². The Bertz CT molecular complexity index is 823. The number of amides is 1. The molecule has 0 unspecified atom stereocenters. The van der Waals surface area contributed by atoms with E-state index in [0.717, 1.165) is 23.3 Å². The van der Waals surface area contributed by atoms with E-state index in [4.69, 9.17) is 0 Å². The molecule has 2 aromatic carbocycles. The Labute approximate surface area is 134 Å². The highest BCUT2D eigenvalue weighted by atomic mass is 16.2. The molecule has 1 heterocycles. The zero-order valence-electron chi connectivity index (χ0n) is 12.8. The van der Waals surface area contributed by atoms with Crippen molar-refractivity contribution in [1.82, 2.24) is 15.0 Å². The van der Waals surface area contributed by atoms with Gasteiger partial charge in [0, 0.05) is 12.2 Å². The van der Waals surface area contributed by atoms with Crippen LogP contribution in [-0.4, -0.2) is 27.4 Å². The van der Waals surface area contributed by atoms with Crippen molar-refractivity contribution < 1.29 is 4.79 Å². The van der Waals surface area contributed by atoms with Gasteiger partial charge in [-0.25, -0.2) is 4.68 Å². The summed E-state index contributed by atoms with van der Waals surface area (Å²) in [7, 11) is 0. The largest absolute Gasteiger partial charge is 0.311 e. The number of benzene rings is 2. The third-order valence-electron chi connectivity index (χ3n) is 4.21. The lowest BCUT2D eigenvalue weighted by Gasteiger charge is -2.22. The first-order valence-electron chi connectivity index (χ1n) is 7.95. The first-order valence-corrected chi connectivity index (χ1v) is 7.95. The Morgan fingerprint density at radius 1 is 1.09 bits per heavy atom. The van der Waals surface area contributed by atoms with Crippen LogP contribution < -0.4 is 4.90 Å². The van der Waals surface area contributed by atoms with Gasteiger partial charge < -0.3 is 4.90 Å². The number of fused-ring (bicyclic) bond motifs is 1. The van der Waals surface area contributed by atoms with Crippen molar-refractivity contribution >= 4 is 22.6 Å². The van der Waals surface area contributed by atoms with Gasteiger partial charge in [0.25, 0.3) is 0 Å². The third kappa shape index (κ3) is 2.95. The SMILES string of the molecule is O=C(Cn1nnc2ccccc21)N(CC1CC1)c1ccccc1. The quantitative estimate of drug-likeness (QED) is 0.728. The maximum absolute atomic E-state index is 12.9. The zero-order chi connectivity index (χ0) is 15.6. The molecule has 1 fully saturated rings. The molecule has 1 aliphatic carbocycles. The highest BCUT2D eigenvalue weighted by molar-refractivity contribution is 5.93. The Balaban J connectivity index is 1.59. The number of para-hydroxylation sites is 2. The number of anilines is 1. The van der Waals surface area contributed by atoms with E-state index < -0.39 is 0 Å². The Kier molecular flexibility index (Phi) is 3.54. The predicted octanol–water partition coefficient (Wildman–Crippen LogP) is 2.87. The maximum atomic E-state index is 12.9. The van der Waals surface area contributed by atoms with Crippen LogP contribution in [-0.2, 0) is 11.3 Å². The topological polar surface area (TPSA) is 51.0 Å². The second-order valence-electron chi connectivity index (χ2n) is 6.02. The Hall–Kier alpha value is -2.69. The highest BCUT2D eigenvalue weighted by Crippen LogP contribution is 2.31. The van der Waals surface area contributed by atoms with Crippen LogP contribution in [0.3, 0.4) is 0 Å². The summed E-state index contributed by atoms with van der Waals surface area (Å²) in [5.74, 6) is 0.686. The van der Waals surface area contributed by atoms with Gasteiger partial charge in [-0.15, -0.1) is 5.10 Å². The number of rotatable bonds is 5. The second-order valence-corrected chi connectivity index (χ2v) is 6.02. The monoisotopic (exact) mass is 306 g/mol. The van der Waals surface area contributed by atoms with Gasteiger partial charge in [-0.1, -0.05) is 35.5 Å². The minimum atomic E-state index is 0.0544. The van der Waals surface area contributed by atoms with Gasteiger partial charge in [0.05, 0.1) is 5.52 Å². The van der Waals surface area contributed by atoms with Crippen LogP contribution in [0.25, 0.3) is 11.0 Å². The molecule has 23 heavy (non-hydrogen) atoms. The summed E-state index contributed by atoms with van der Waals surface area (Å²) >= 11 is 0. The number of nitrogens with zero attached hydrogens (tertiary/aromatic N) is 4. The van der Waals surface area contributed by atoms with Crippen LogP contribution in [0.4, 0.5) is 5.69 Å². The molecule has 0 bridgehead atoms. The van der Waals surface area contributed by atoms with Crippen LogP contribution in [0.2, 0.25) is 0 Å². The molecule has 1 saturated carbocycles. The zero-order valence-corrected chi connectivity index (χ0v) is 12.8. The Morgan fingerprint density at radius 2 is 1.83 bits per heavy atom. The van der Waals surface area contributed by atoms with Crippen LogP contribution in [0.15, 0.2) is 54.6 Å². The number of carbonyl (C=O) groups is 1. The van der Waals surface area contributed by atoms with Crippen LogP contribution >= 0.6 is 0 Å². The summed E-state index contributed by atoms with van der Waals surface area (Å²) in [4.78, 5) is 14.7. The second kappa shape index (κ2) is 5.83. The summed E-state index contributed by atoms with van der Waals surface area (Å²) in [6.07, 6.45) is 2.42. The molecule has 5 nitrogen and oxygen atoms in total. The molecule has 1 aromatic heterocycles. The summed E-state index contributed by atoms with van der Waals surface area (Å²) in [5, 5.41) is 8.24. The van der Waals surface area contributed by atoms with Crippen LogP contribution in [0.1, 0.15) is 12.8 Å². The molecule has 116 valence electrons. The standard InChI is InChI=1S/C18H18N4O/c23-18(13-22-17-9-5-4-8-16(17)19-20-22)21(12-14-10-11-14)15-6-2-1-3-7-15/h1-9,14H,10-13H2. The van der Waals surface area contributed by atoms with Crippen molar-refractivity contribution in [1.29, 1.82) is 0 Å². The van der Waals surface area contributed by atoms with Crippen molar-refractivity contribution in [3.63, 3.8) is 0 Å². The van der Waals surface area contributed by atoms with Gasteiger partial charge in [0.2, 0.25) is 5.91 Å². The van der Waals surface area contributed by atoms with E-state index in [1.54, 1.807) is 4.68 Å². The summed E-state index contributed by atoms with van der Waals surface area (Å²) in [6, 6.07) is 17.6. The molecule has 1 amide bonds. The number of hydrogen-bond acceptors (Lipinski definition) is 3. The van der Waals surface area contributed by atoms with E-state index in [0.29, 0.717) is 5.92 Å². The molecule has 5 heteroatoms. The average Bonchev–Trinajstić information content (AvgIpc) is 3.34. The van der Waals surface area contributed by atoms with E-state index in [-0.39, 0.29) is 12.5 Å². The van der Waals surface area contributed by atoms with Crippen molar-refractivity contribution in [2.45, 2.75) is 19.4 Å². The molecular weight excluding hydrogens is 288 g/mol. The van der Waals surface area contributed by atoms with Crippen molar-refractivity contribution in [3.05, 3.63) is 54.6 Å². The van der Waals surface area contributed by atoms with E-state index in [1.807, 2.05) is 59.5 Å². The maximum Gasteiger partial charge on any atom is 0.248 e. The molecule has 0 saturated heterocycles. The number of aromatic nitrogens is 3. The van der Waals surface area contributed by atoms with Crippen molar-refractivity contribution in [2.24, 2.45) is 5.92 Å². The third-order valence-corrected chi connectivity index (χ3v) is 4.21. The molecule has 0 atom stereocenters. The highest BCUT2D eigenvalue weighted by Gasteiger charge is 2.28. The normalized spacial score (nSPS) is 14.1. The van der Waals surface area contributed by atoms with Gasteiger partial charge in [0.1, 0.15) is 12.1 Å². The first kappa shape index (κ1) is 13.9. The minimum Gasteiger partial charge on any atom is -0.311 e. The predicted molar refractivity (Wildman–Crippen MR) is 89.0 cm³/mol. The van der Waals surface area contributed by atoms with Gasteiger partial charge in [0.15, 0.2) is 0 Å². The van der Waals surface area contributed by atoms with Gasteiger partial charge in [-0.3, -0.25) is 4.79 Å². The van der Waals surface area contributed by atoms with E-state index >= 15 is 0 Å². The molecule has 0 radical (unpaired) electrons. The van der Waals surface area contributed by atoms with E-state index in [2.05, 4.69) is 10.3 Å². The molecule has 0 spiro atoms. The van der Waals surface area contributed by atoms with E-state index in [9.17, 15) is 4.79 Å². The number of carbonyl (C=O) groups excluding carboxylic acids is 1. The van der Waals surface area contributed by atoms with Gasteiger partial charge in [-0.2, -0.15) is 0 Å². The molecule has 0 aliphatic heterocycles. The van der Waals surface area contributed by atoms with Crippen LogP contribution in [0.5, 0.6) is 0 Å². The summed E-state index contributed by atoms with van der Waals surface area (Å²) < 4.78 is 1.68. The lowest BCUT2D eigenvalue weighted by molar-refractivity contribution is -0.119. The molecule has 3 aromatic rings. The minimum absolute atomic E-state index is 0.0544. The molecule has 4 rings (SSSR count). The fourth-order valence-electron chi connectivity index (χ4n) is 2.77. The summed E-state index contributed by atoms with van der Waals surface area (Å²) in [5.41, 5.74) is 2.66. The average molecular weight is 306 g/mol. The fourth-order valence-corrected chi connectivity index (χ4v) is 2.77. The first-order chi connectivity index (χ1) is 11.3. The fraction of sp³-hybridized carbons (Fsp3) is 0.278. The lowest BCUT2D eigenvalue weighted by atomic mass is 10.2. The van der Waals surface area contributed by atoms with Crippen LogP contribution in [0, 0.1) is 5.92 Å².